The molecule has 0 aliphatic rings. The first-order valence-electron chi connectivity index (χ1n) is 7.80. The third-order valence-corrected chi connectivity index (χ3v) is 3.11. The van der Waals surface area contributed by atoms with Crippen LogP contribution in [0.25, 0.3) is 0 Å². The lowest BCUT2D eigenvalue weighted by Gasteiger charge is -2.23. The summed E-state index contributed by atoms with van der Waals surface area (Å²) in [7, 11) is 0. The smallest absolute Gasteiger partial charge is 0.416 e. The zero-order chi connectivity index (χ0) is 18.5. The van der Waals surface area contributed by atoms with Crippen LogP contribution in [0.1, 0.15) is 51.7 Å². The van der Waals surface area contributed by atoms with Gasteiger partial charge < -0.3 is 15.8 Å². The maximum Gasteiger partial charge on any atom is 0.416 e. The number of hydrogen-bond acceptors (Lipinski definition) is 3. The molecule has 0 aliphatic carbocycles. The molecule has 0 radical (unpaired) electrons. The molecule has 0 aromatic heterocycles. The van der Waals surface area contributed by atoms with Crippen molar-refractivity contribution >= 4 is 5.91 Å². The Bertz CT molecular complexity index is 564. The Morgan fingerprint density at radius 1 is 1.29 bits per heavy atom. The second-order valence-electron chi connectivity index (χ2n) is 6.82. The molecule has 1 amide bonds. The maximum atomic E-state index is 13.3. The van der Waals surface area contributed by atoms with Gasteiger partial charge in [0.25, 0.3) is 0 Å². The van der Waals surface area contributed by atoms with Crippen molar-refractivity contribution in [1.82, 2.24) is 5.32 Å². The molecule has 0 saturated carbocycles. The Morgan fingerprint density at radius 3 is 2.42 bits per heavy atom. The predicted octanol–water partition coefficient (Wildman–Crippen LogP) is 3.63. The number of halogens is 3. The second-order valence-corrected chi connectivity index (χ2v) is 6.82. The molecule has 0 spiro atoms. The van der Waals surface area contributed by atoms with Crippen molar-refractivity contribution < 1.29 is 22.7 Å². The molecular formula is C17H25F3N2O2. The van der Waals surface area contributed by atoms with Crippen LogP contribution in [0, 0.1) is 0 Å². The van der Waals surface area contributed by atoms with Crippen LogP contribution in [0.5, 0.6) is 5.75 Å². The second kappa shape index (κ2) is 7.88. The predicted molar refractivity (Wildman–Crippen MR) is 86.6 cm³/mol. The summed E-state index contributed by atoms with van der Waals surface area (Å²) in [4.78, 5) is 11.7. The summed E-state index contributed by atoms with van der Waals surface area (Å²) < 4.78 is 45.2. The summed E-state index contributed by atoms with van der Waals surface area (Å²) in [5.74, 6) is -0.183. The van der Waals surface area contributed by atoms with Gasteiger partial charge in [0.1, 0.15) is 11.4 Å². The van der Waals surface area contributed by atoms with Gasteiger partial charge >= 0.3 is 6.18 Å². The molecule has 24 heavy (non-hydrogen) atoms. The quantitative estimate of drug-likeness (QED) is 0.827. The molecule has 136 valence electrons. The van der Waals surface area contributed by atoms with E-state index in [0.29, 0.717) is 6.42 Å². The number of nitrogens with one attached hydrogen (secondary N) is 1. The standard InChI is InChI=1S/C17H25F3N2O2/c1-11(21)5-8-15(23)22-10-12-6-7-13(24-16(2,3)4)9-14(12)17(18,19)20/h6-7,9,11H,5,8,10,21H2,1-4H3,(H,22,23). The molecule has 1 unspecified atom stereocenters. The number of nitrogens with two attached hydrogens (primary N) is 1. The largest absolute Gasteiger partial charge is 0.488 e. The van der Waals surface area contributed by atoms with Crippen LogP contribution in [0.2, 0.25) is 0 Å². The van der Waals surface area contributed by atoms with Crippen molar-refractivity contribution in [2.75, 3.05) is 0 Å². The Hall–Kier alpha value is -1.76. The van der Waals surface area contributed by atoms with E-state index < -0.39 is 17.3 Å². The third-order valence-electron chi connectivity index (χ3n) is 3.11. The average molecular weight is 346 g/mol. The van der Waals surface area contributed by atoms with Crippen molar-refractivity contribution in [2.45, 2.75) is 64.9 Å². The van der Waals surface area contributed by atoms with Crippen LogP contribution in [0.4, 0.5) is 13.2 Å². The Balaban J connectivity index is 2.88. The van der Waals surface area contributed by atoms with Crippen LogP contribution in [0.15, 0.2) is 18.2 Å². The van der Waals surface area contributed by atoms with E-state index in [4.69, 9.17) is 10.5 Å². The molecule has 0 fully saturated rings. The highest BCUT2D eigenvalue weighted by Crippen LogP contribution is 2.35. The molecule has 0 aliphatic heterocycles. The third kappa shape index (κ3) is 7.21. The molecule has 0 heterocycles. The molecular weight excluding hydrogens is 321 g/mol. The van der Waals surface area contributed by atoms with Gasteiger partial charge in [0.2, 0.25) is 5.91 Å². The van der Waals surface area contributed by atoms with E-state index in [0.717, 1.165) is 6.07 Å². The van der Waals surface area contributed by atoms with Gasteiger partial charge in [0.15, 0.2) is 0 Å². The molecule has 1 atom stereocenters. The van der Waals surface area contributed by atoms with Crippen LogP contribution >= 0.6 is 0 Å². The molecule has 3 N–H and O–H groups in total. The lowest BCUT2D eigenvalue weighted by Crippen LogP contribution is -2.27. The van der Waals surface area contributed by atoms with E-state index >= 15 is 0 Å². The molecule has 1 aromatic carbocycles. The van der Waals surface area contributed by atoms with Crippen LogP contribution in [0.3, 0.4) is 0 Å². The van der Waals surface area contributed by atoms with E-state index in [2.05, 4.69) is 5.32 Å². The molecule has 4 nitrogen and oxygen atoms in total. The highest BCUT2D eigenvalue weighted by Gasteiger charge is 2.34. The Kier molecular flexibility index (Phi) is 6.66. The minimum Gasteiger partial charge on any atom is -0.488 e. The van der Waals surface area contributed by atoms with E-state index in [1.165, 1.54) is 12.1 Å². The van der Waals surface area contributed by atoms with Crippen molar-refractivity contribution in [3.05, 3.63) is 29.3 Å². The minimum absolute atomic E-state index is 0.00194. The number of alkyl halides is 3. The summed E-state index contributed by atoms with van der Waals surface area (Å²) in [5.41, 5.74) is 4.14. The number of benzene rings is 1. The summed E-state index contributed by atoms with van der Waals surface area (Å²) in [5, 5.41) is 2.50. The van der Waals surface area contributed by atoms with Gasteiger partial charge in [0.05, 0.1) is 5.56 Å². The van der Waals surface area contributed by atoms with Gasteiger partial charge in [-0.25, -0.2) is 0 Å². The summed E-state index contributed by atoms with van der Waals surface area (Å²) in [6.45, 7) is 6.85. The van der Waals surface area contributed by atoms with Gasteiger partial charge in [0, 0.05) is 19.0 Å². The summed E-state index contributed by atoms with van der Waals surface area (Å²) in [6, 6.07) is 3.64. The summed E-state index contributed by atoms with van der Waals surface area (Å²) in [6.07, 6.45) is -3.86. The lowest BCUT2D eigenvalue weighted by atomic mass is 10.1. The number of hydrogen-bond donors (Lipinski definition) is 2. The van der Waals surface area contributed by atoms with Gasteiger partial charge in [-0.2, -0.15) is 13.2 Å². The molecule has 7 heteroatoms. The first-order chi connectivity index (χ1) is 10.9. The van der Waals surface area contributed by atoms with Crippen LogP contribution < -0.4 is 15.8 Å². The molecule has 0 saturated heterocycles. The van der Waals surface area contributed by atoms with E-state index in [1.54, 1.807) is 27.7 Å². The van der Waals surface area contributed by atoms with Crippen molar-refractivity contribution in [1.29, 1.82) is 0 Å². The minimum atomic E-state index is -4.52. The first-order valence-corrected chi connectivity index (χ1v) is 7.80. The van der Waals surface area contributed by atoms with Crippen molar-refractivity contribution in [3.8, 4) is 5.75 Å². The van der Waals surface area contributed by atoms with E-state index in [-0.39, 0.29) is 36.2 Å². The van der Waals surface area contributed by atoms with Crippen LogP contribution in [-0.4, -0.2) is 17.6 Å². The van der Waals surface area contributed by atoms with Crippen molar-refractivity contribution in [2.24, 2.45) is 5.73 Å². The normalized spacial score (nSPS) is 13.5. The number of rotatable bonds is 6. The number of amides is 1. The zero-order valence-corrected chi connectivity index (χ0v) is 14.5. The fraction of sp³-hybridized carbons (Fsp3) is 0.588. The zero-order valence-electron chi connectivity index (χ0n) is 14.5. The average Bonchev–Trinajstić information content (AvgIpc) is 2.40. The molecule has 1 rings (SSSR count). The SMILES string of the molecule is CC(N)CCC(=O)NCc1ccc(OC(C)(C)C)cc1C(F)(F)F. The highest BCUT2D eigenvalue weighted by molar-refractivity contribution is 5.75. The van der Waals surface area contributed by atoms with Crippen LogP contribution in [-0.2, 0) is 17.5 Å². The lowest BCUT2D eigenvalue weighted by molar-refractivity contribution is -0.138. The summed E-state index contributed by atoms with van der Waals surface area (Å²) >= 11 is 0. The number of carbonyl (C=O) groups excluding carboxylic acids is 1. The first kappa shape index (κ1) is 20.3. The van der Waals surface area contributed by atoms with Gasteiger partial charge in [-0.15, -0.1) is 0 Å². The molecule has 1 aromatic rings. The van der Waals surface area contributed by atoms with Gasteiger partial charge in [-0.1, -0.05) is 6.07 Å². The highest BCUT2D eigenvalue weighted by atomic mass is 19.4. The molecule has 0 bridgehead atoms. The topological polar surface area (TPSA) is 64.4 Å². The van der Waals surface area contributed by atoms with Gasteiger partial charge in [-0.05, 0) is 51.8 Å². The number of carbonyl (C=O) groups is 1. The van der Waals surface area contributed by atoms with E-state index in [9.17, 15) is 18.0 Å². The monoisotopic (exact) mass is 346 g/mol. The fourth-order valence-corrected chi connectivity index (χ4v) is 2.03. The Labute approximate surface area is 140 Å². The number of ether oxygens (including phenoxy) is 1. The fourth-order valence-electron chi connectivity index (χ4n) is 2.03. The maximum absolute atomic E-state index is 13.3. The van der Waals surface area contributed by atoms with E-state index in [1.807, 2.05) is 0 Å². The van der Waals surface area contributed by atoms with Crippen molar-refractivity contribution in [3.63, 3.8) is 0 Å². The van der Waals surface area contributed by atoms with Gasteiger partial charge in [-0.3, -0.25) is 4.79 Å². The Morgan fingerprint density at radius 2 is 1.92 bits per heavy atom.